The molecule has 0 saturated carbocycles. The smallest absolute Gasteiger partial charge is 0.352 e. The fourth-order valence-electron chi connectivity index (χ4n) is 1.70. The van der Waals surface area contributed by atoms with Crippen molar-refractivity contribution >= 4 is 35.2 Å². The number of carboxylic acid groups (broad SMARTS) is 1. The lowest BCUT2D eigenvalue weighted by atomic mass is 10.1. The lowest BCUT2D eigenvalue weighted by molar-refractivity contribution is -0.146. The highest BCUT2D eigenvalue weighted by Gasteiger charge is 2.44. The predicted octanol–water partition coefficient (Wildman–Crippen LogP) is 1.42. The minimum Gasteiger partial charge on any atom is -0.477 e. The molecule has 0 bridgehead atoms. The number of aliphatic carboxylic acids is 1. The Bertz CT molecular complexity index is 394. The third kappa shape index (κ3) is 1.97. The second-order valence-electron chi connectivity index (χ2n) is 3.46. The Labute approximate surface area is 102 Å². The van der Waals surface area contributed by atoms with Gasteiger partial charge in [0.25, 0.3) is 0 Å². The zero-order chi connectivity index (χ0) is 11.7. The summed E-state index contributed by atoms with van der Waals surface area (Å²) >= 11 is 7.09. The second-order valence-corrected chi connectivity index (χ2v) is 5.13. The number of hydrogen-bond donors (Lipinski definition) is 1. The van der Waals surface area contributed by atoms with Crippen LogP contribution in [0, 0.1) is 0 Å². The zero-order valence-electron chi connectivity index (χ0n) is 8.30. The summed E-state index contributed by atoms with van der Waals surface area (Å²) in [7, 11) is 0. The van der Waals surface area contributed by atoms with Crippen LogP contribution in [0.15, 0.2) is 23.9 Å². The first-order chi connectivity index (χ1) is 7.63. The number of amides is 1. The van der Waals surface area contributed by atoms with Crippen molar-refractivity contribution in [1.82, 2.24) is 4.90 Å². The first kappa shape index (κ1) is 11.5. The number of halogens is 1. The third-order valence-corrected chi connectivity index (χ3v) is 3.91. The van der Waals surface area contributed by atoms with Crippen LogP contribution in [0.2, 0.25) is 0 Å². The maximum absolute atomic E-state index is 11.3. The molecule has 0 radical (unpaired) electrons. The number of hydrogen-bond acceptors (Lipinski definition) is 3. The van der Waals surface area contributed by atoms with Gasteiger partial charge in [-0.15, -0.1) is 23.4 Å². The molecular formula is C10H10ClNO3S. The van der Waals surface area contributed by atoms with Crippen molar-refractivity contribution < 1.29 is 14.7 Å². The average Bonchev–Trinajstić information content (AvgIpc) is 2.23. The van der Waals surface area contributed by atoms with Gasteiger partial charge in [-0.2, -0.15) is 0 Å². The van der Waals surface area contributed by atoms with Gasteiger partial charge in [0.05, 0.1) is 11.8 Å². The highest BCUT2D eigenvalue weighted by atomic mass is 35.5. The summed E-state index contributed by atoms with van der Waals surface area (Å²) in [6.07, 6.45) is 5.65. The molecule has 0 spiro atoms. The van der Waals surface area contributed by atoms with E-state index in [1.165, 1.54) is 4.90 Å². The Balaban J connectivity index is 2.22. The van der Waals surface area contributed by atoms with E-state index in [1.807, 2.05) is 6.08 Å². The minimum absolute atomic E-state index is 0.0146. The van der Waals surface area contributed by atoms with Gasteiger partial charge in [-0.25, -0.2) is 4.79 Å². The van der Waals surface area contributed by atoms with Crippen molar-refractivity contribution in [3.05, 3.63) is 23.9 Å². The fraction of sp³-hybridized carbons (Fsp3) is 0.400. The Morgan fingerprint density at radius 1 is 1.75 bits per heavy atom. The standard InChI is InChI=1S/C10H10ClNO3S/c11-3-1-2-6-4-7(10(14)15)12-8(13)5-9(12)16-6/h1-2,4,6,9H,3,5H2,(H,14,15)/b2-1-/t6?,9-/m1/s1. The van der Waals surface area contributed by atoms with Crippen molar-refractivity contribution in [3.8, 4) is 0 Å². The normalized spacial score (nSPS) is 28.7. The van der Waals surface area contributed by atoms with Gasteiger partial charge in [-0.1, -0.05) is 12.2 Å². The molecule has 2 rings (SSSR count). The Morgan fingerprint density at radius 2 is 2.50 bits per heavy atom. The van der Waals surface area contributed by atoms with Gasteiger partial charge in [-0.05, 0) is 6.08 Å². The summed E-state index contributed by atoms with van der Waals surface area (Å²) in [5, 5.41) is 8.95. The SMILES string of the molecule is O=C(O)C1=CC(/C=C\CCl)S[C@@H]2CC(=O)N12. The number of rotatable bonds is 3. The maximum Gasteiger partial charge on any atom is 0.352 e. The number of carbonyl (C=O) groups is 2. The Morgan fingerprint density at radius 3 is 3.06 bits per heavy atom. The molecule has 1 N–H and O–H groups in total. The maximum atomic E-state index is 11.3. The molecule has 86 valence electrons. The number of fused-ring (bicyclic) bond motifs is 1. The van der Waals surface area contributed by atoms with Crippen LogP contribution >= 0.6 is 23.4 Å². The highest BCUT2D eigenvalue weighted by Crippen LogP contribution is 2.40. The summed E-state index contributed by atoms with van der Waals surface area (Å²) in [5.74, 6) is -0.769. The van der Waals surface area contributed by atoms with Crippen LogP contribution in [0.25, 0.3) is 0 Å². The first-order valence-corrected chi connectivity index (χ1v) is 6.26. The number of carbonyl (C=O) groups excluding carboxylic acids is 1. The molecule has 2 aliphatic heterocycles. The van der Waals surface area contributed by atoms with Crippen molar-refractivity contribution in [1.29, 1.82) is 0 Å². The molecule has 0 aromatic rings. The van der Waals surface area contributed by atoms with Crippen LogP contribution in [0.3, 0.4) is 0 Å². The van der Waals surface area contributed by atoms with E-state index in [4.69, 9.17) is 16.7 Å². The second kappa shape index (κ2) is 4.51. The van der Waals surface area contributed by atoms with Gasteiger partial charge in [0.1, 0.15) is 5.70 Å². The van der Waals surface area contributed by atoms with Crippen LogP contribution < -0.4 is 0 Å². The lowest BCUT2D eigenvalue weighted by Crippen LogP contribution is -2.53. The molecule has 1 fully saturated rings. The van der Waals surface area contributed by atoms with E-state index in [2.05, 4.69) is 0 Å². The van der Waals surface area contributed by atoms with Crippen molar-refractivity contribution in [2.75, 3.05) is 5.88 Å². The number of allylic oxidation sites excluding steroid dienone is 1. The molecule has 1 saturated heterocycles. The van der Waals surface area contributed by atoms with Crippen molar-refractivity contribution in [2.24, 2.45) is 0 Å². The number of thioether (sulfide) groups is 1. The topological polar surface area (TPSA) is 57.6 Å². The molecule has 16 heavy (non-hydrogen) atoms. The summed E-state index contributed by atoms with van der Waals surface area (Å²) in [5.41, 5.74) is 0.0872. The lowest BCUT2D eigenvalue weighted by Gasteiger charge is -2.43. The van der Waals surface area contributed by atoms with E-state index >= 15 is 0 Å². The quantitative estimate of drug-likeness (QED) is 0.473. The van der Waals surface area contributed by atoms with Gasteiger partial charge in [0.2, 0.25) is 5.91 Å². The van der Waals surface area contributed by atoms with Crippen LogP contribution in [-0.4, -0.2) is 38.4 Å². The van der Waals surface area contributed by atoms with Crippen LogP contribution in [-0.2, 0) is 9.59 Å². The molecule has 1 unspecified atom stereocenters. The summed E-state index contributed by atoms with van der Waals surface area (Å²) in [6, 6.07) is 0. The van der Waals surface area contributed by atoms with E-state index in [1.54, 1.807) is 23.9 Å². The number of β-lactam (4-membered cyclic amide) rings is 1. The summed E-state index contributed by atoms with van der Waals surface area (Å²) in [4.78, 5) is 23.6. The average molecular weight is 260 g/mol. The fourth-order valence-corrected chi connectivity index (χ4v) is 3.17. The molecular weight excluding hydrogens is 250 g/mol. The zero-order valence-corrected chi connectivity index (χ0v) is 9.87. The van der Waals surface area contributed by atoms with Gasteiger partial charge in [0.15, 0.2) is 0 Å². The molecule has 1 amide bonds. The van der Waals surface area contributed by atoms with E-state index in [0.29, 0.717) is 12.3 Å². The first-order valence-electron chi connectivity index (χ1n) is 4.78. The van der Waals surface area contributed by atoms with Crippen LogP contribution in [0.5, 0.6) is 0 Å². The number of nitrogens with zero attached hydrogens (tertiary/aromatic N) is 1. The molecule has 2 heterocycles. The van der Waals surface area contributed by atoms with Crippen LogP contribution in [0.4, 0.5) is 0 Å². The number of carboxylic acids is 1. The summed E-state index contributed by atoms with van der Waals surface area (Å²) in [6.45, 7) is 0. The molecule has 4 nitrogen and oxygen atoms in total. The van der Waals surface area contributed by atoms with E-state index < -0.39 is 5.97 Å². The monoisotopic (exact) mass is 259 g/mol. The molecule has 0 aliphatic carbocycles. The van der Waals surface area contributed by atoms with Crippen molar-refractivity contribution in [3.63, 3.8) is 0 Å². The van der Waals surface area contributed by atoms with Gasteiger partial charge >= 0.3 is 5.97 Å². The van der Waals surface area contributed by atoms with Gasteiger partial charge in [-0.3, -0.25) is 9.69 Å². The third-order valence-electron chi connectivity index (χ3n) is 2.44. The predicted molar refractivity (Wildman–Crippen MR) is 62.2 cm³/mol. The van der Waals surface area contributed by atoms with E-state index in [9.17, 15) is 9.59 Å². The minimum atomic E-state index is -1.05. The largest absolute Gasteiger partial charge is 0.477 e. The Hall–Kier alpha value is -0.940. The molecule has 2 atom stereocenters. The van der Waals surface area contributed by atoms with E-state index in [-0.39, 0.29) is 22.2 Å². The van der Waals surface area contributed by atoms with Crippen molar-refractivity contribution in [2.45, 2.75) is 17.0 Å². The molecule has 2 aliphatic rings. The molecule has 0 aromatic carbocycles. The Kier molecular flexibility index (Phi) is 3.25. The van der Waals surface area contributed by atoms with E-state index in [0.717, 1.165) is 0 Å². The number of alkyl halides is 1. The molecule has 0 aromatic heterocycles. The summed E-state index contributed by atoms with van der Waals surface area (Å²) < 4.78 is 0. The molecule has 6 heteroatoms. The van der Waals surface area contributed by atoms with Crippen LogP contribution in [0.1, 0.15) is 6.42 Å². The van der Waals surface area contributed by atoms with Gasteiger partial charge in [0, 0.05) is 11.1 Å². The highest BCUT2D eigenvalue weighted by molar-refractivity contribution is 8.01. The van der Waals surface area contributed by atoms with Gasteiger partial charge < -0.3 is 5.11 Å².